The number of benzene rings is 2. The van der Waals surface area contributed by atoms with Crippen LogP contribution in [0.5, 0.6) is 0 Å². The predicted molar refractivity (Wildman–Crippen MR) is 148 cm³/mol. The van der Waals surface area contributed by atoms with E-state index in [9.17, 15) is 4.79 Å². The summed E-state index contributed by atoms with van der Waals surface area (Å²) in [6.45, 7) is 11.4. The number of hydrogen-bond acceptors (Lipinski definition) is 4. The number of carbonyl (C=O) groups excluding carboxylic acids is 1. The highest BCUT2D eigenvalue weighted by Crippen LogP contribution is 2.48. The van der Waals surface area contributed by atoms with E-state index in [1.54, 1.807) is 6.20 Å². The average molecular weight is 535 g/mol. The lowest BCUT2D eigenvalue weighted by Gasteiger charge is -2.29. The SMILES string of the molecule is [C-]#[N+]c1c(NC(=O)OCCCN2CCCCC2)ncc2c1-c1ccccc1C(c1ccc(Cl)c(Cl)c1)C2. The highest BCUT2D eigenvalue weighted by Gasteiger charge is 2.30. The summed E-state index contributed by atoms with van der Waals surface area (Å²) >= 11 is 12.5. The summed E-state index contributed by atoms with van der Waals surface area (Å²) in [4.78, 5) is 23.2. The van der Waals surface area contributed by atoms with Crippen LogP contribution in [0.1, 0.15) is 48.3 Å². The zero-order valence-electron chi connectivity index (χ0n) is 20.5. The van der Waals surface area contributed by atoms with Gasteiger partial charge in [0.15, 0.2) is 0 Å². The summed E-state index contributed by atoms with van der Waals surface area (Å²) in [6, 6.07) is 13.7. The van der Waals surface area contributed by atoms with E-state index >= 15 is 0 Å². The maximum absolute atomic E-state index is 12.5. The fourth-order valence-corrected chi connectivity index (χ4v) is 5.65. The second kappa shape index (κ2) is 11.5. The van der Waals surface area contributed by atoms with Gasteiger partial charge in [-0.1, -0.05) is 60.0 Å². The summed E-state index contributed by atoms with van der Waals surface area (Å²) in [6.07, 6.45) is 6.37. The van der Waals surface area contributed by atoms with Crippen LogP contribution in [-0.4, -0.2) is 42.2 Å². The Labute approximate surface area is 227 Å². The smallest absolute Gasteiger partial charge is 0.411 e. The molecule has 1 unspecified atom stereocenters. The molecule has 2 aliphatic rings. The summed E-state index contributed by atoms with van der Waals surface area (Å²) in [5.41, 5.74) is 5.16. The van der Waals surface area contributed by atoms with Crippen molar-refractivity contribution in [3.63, 3.8) is 0 Å². The fourth-order valence-electron chi connectivity index (χ4n) is 5.35. The zero-order chi connectivity index (χ0) is 25.8. The number of fused-ring (bicyclic) bond motifs is 3. The number of hydrogen-bond donors (Lipinski definition) is 1. The number of likely N-dealkylation sites (tertiary alicyclic amines) is 1. The van der Waals surface area contributed by atoms with Gasteiger partial charge in [-0.05, 0) is 78.7 Å². The number of piperidine rings is 1. The van der Waals surface area contributed by atoms with E-state index < -0.39 is 6.09 Å². The van der Waals surface area contributed by atoms with Crippen molar-refractivity contribution < 1.29 is 9.53 Å². The highest BCUT2D eigenvalue weighted by molar-refractivity contribution is 6.42. The fraction of sp³-hybridized carbons (Fsp3) is 0.345. The molecule has 190 valence electrons. The minimum absolute atomic E-state index is 0.0440. The number of nitrogens with zero attached hydrogens (tertiary/aromatic N) is 3. The lowest BCUT2D eigenvalue weighted by molar-refractivity contribution is 0.148. The number of rotatable bonds is 6. The van der Waals surface area contributed by atoms with Crippen LogP contribution in [0.4, 0.5) is 16.3 Å². The number of aromatic nitrogens is 1. The first kappa shape index (κ1) is 25.5. The summed E-state index contributed by atoms with van der Waals surface area (Å²) in [7, 11) is 0. The molecule has 2 aromatic carbocycles. The first-order chi connectivity index (χ1) is 18.0. The molecular formula is C29H28Cl2N4O2. The lowest BCUT2D eigenvalue weighted by atomic mass is 9.76. The Morgan fingerprint density at radius 1 is 1.14 bits per heavy atom. The number of carbonyl (C=O) groups is 1. The second-order valence-electron chi connectivity index (χ2n) is 9.50. The Bertz CT molecular complexity index is 1350. The molecule has 1 aliphatic heterocycles. The predicted octanol–water partition coefficient (Wildman–Crippen LogP) is 7.72. The van der Waals surface area contributed by atoms with E-state index in [1.807, 2.05) is 36.4 Å². The van der Waals surface area contributed by atoms with Crippen LogP contribution >= 0.6 is 23.2 Å². The van der Waals surface area contributed by atoms with Gasteiger partial charge in [-0.2, -0.15) is 0 Å². The maximum Gasteiger partial charge on any atom is 0.411 e. The number of pyridine rings is 1. The van der Waals surface area contributed by atoms with Gasteiger partial charge in [0.1, 0.15) is 5.82 Å². The van der Waals surface area contributed by atoms with E-state index in [0.29, 0.717) is 28.8 Å². The molecule has 1 aromatic heterocycles. The van der Waals surface area contributed by atoms with Gasteiger partial charge in [0.2, 0.25) is 5.69 Å². The molecule has 1 saturated heterocycles. The van der Waals surface area contributed by atoms with Gasteiger partial charge < -0.3 is 9.64 Å². The molecule has 1 aliphatic carbocycles. The third-order valence-electron chi connectivity index (χ3n) is 7.14. The van der Waals surface area contributed by atoms with E-state index in [1.165, 1.54) is 19.3 Å². The van der Waals surface area contributed by atoms with Crippen molar-refractivity contribution >= 4 is 40.8 Å². The normalized spacial score (nSPS) is 16.8. The number of ether oxygens (including phenoxy) is 1. The van der Waals surface area contributed by atoms with Crippen LogP contribution in [0.2, 0.25) is 10.0 Å². The quantitative estimate of drug-likeness (QED) is 0.259. The van der Waals surface area contributed by atoms with Crippen LogP contribution in [0.25, 0.3) is 16.0 Å². The molecule has 0 bridgehead atoms. The molecule has 8 heteroatoms. The van der Waals surface area contributed by atoms with Crippen molar-refractivity contribution in [2.24, 2.45) is 0 Å². The summed E-state index contributed by atoms with van der Waals surface area (Å²) < 4.78 is 5.40. The first-order valence-corrected chi connectivity index (χ1v) is 13.4. The van der Waals surface area contributed by atoms with Crippen molar-refractivity contribution in [2.75, 3.05) is 31.6 Å². The monoisotopic (exact) mass is 534 g/mol. The molecule has 0 saturated carbocycles. The molecule has 1 fully saturated rings. The van der Waals surface area contributed by atoms with Gasteiger partial charge in [0.05, 0.1) is 23.2 Å². The van der Waals surface area contributed by atoms with Crippen LogP contribution in [-0.2, 0) is 11.2 Å². The van der Waals surface area contributed by atoms with Crippen LogP contribution in [0.15, 0.2) is 48.7 Å². The van der Waals surface area contributed by atoms with E-state index in [-0.39, 0.29) is 11.7 Å². The Kier molecular flexibility index (Phi) is 7.95. The molecule has 37 heavy (non-hydrogen) atoms. The minimum atomic E-state index is -0.589. The molecular weight excluding hydrogens is 507 g/mol. The molecule has 1 atom stereocenters. The summed E-state index contributed by atoms with van der Waals surface area (Å²) in [5, 5.41) is 3.73. The maximum atomic E-state index is 12.5. The first-order valence-electron chi connectivity index (χ1n) is 12.6. The largest absolute Gasteiger partial charge is 0.449 e. The van der Waals surface area contributed by atoms with Gasteiger partial charge in [-0.3, -0.25) is 10.3 Å². The second-order valence-corrected chi connectivity index (χ2v) is 10.3. The molecule has 5 rings (SSSR count). The van der Waals surface area contributed by atoms with Crippen molar-refractivity contribution in [1.82, 2.24) is 9.88 Å². The van der Waals surface area contributed by atoms with Gasteiger partial charge in [0.25, 0.3) is 0 Å². The Morgan fingerprint density at radius 2 is 1.95 bits per heavy atom. The zero-order valence-corrected chi connectivity index (χ0v) is 22.0. The molecule has 1 amide bonds. The molecule has 6 nitrogen and oxygen atoms in total. The molecule has 1 N–H and O–H groups in total. The Morgan fingerprint density at radius 3 is 2.73 bits per heavy atom. The highest BCUT2D eigenvalue weighted by atomic mass is 35.5. The van der Waals surface area contributed by atoms with Crippen LogP contribution in [0, 0.1) is 6.57 Å². The number of halogens is 2. The molecule has 3 aromatic rings. The van der Waals surface area contributed by atoms with Crippen molar-refractivity contribution in [3.8, 4) is 11.1 Å². The van der Waals surface area contributed by atoms with E-state index in [2.05, 4.69) is 26.1 Å². The van der Waals surface area contributed by atoms with Crippen molar-refractivity contribution in [1.29, 1.82) is 0 Å². The third-order valence-corrected chi connectivity index (χ3v) is 7.88. The Balaban J connectivity index is 1.34. The van der Waals surface area contributed by atoms with E-state index in [0.717, 1.165) is 53.9 Å². The average Bonchev–Trinajstić information content (AvgIpc) is 2.92. The van der Waals surface area contributed by atoms with Gasteiger partial charge >= 0.3 is 6.09 Å². The molecule has 2 heterocycles. The van der Waals surface area contributed by atoms with E-state index in [4.69, 9.17) is 34.5 Å². The third kappa shape index (κ3) is 5.60. The minimum Gasteiger partial charge on any atom is -0.449 e. The van der Waals surface area contributed by atoms with Crippen molar-refractivity contribution in [2.45, 2.75) is 38.0 Å². The van der Waals surface area contributed by atoms with Crippen molar-refractivity contribution in [3.05, 3.63) is 86.8 Å². The van der Waals surface area contributed by atoms with Crippen LogP contribution in [0.3, 0.4) is 0 Å². The molecule has 0 radical (unpaired) electrons. The topological polar surface area (TPSA) is 58.8 Å². The van der Waals surface area contributed by atoms with Gasteiger partial charge in [-0.25, -0.2) is 9.64 Å². The van der Waals surface area contributed by atoms with Gasteiger partial charge in [-0.15, -0.1) is 0 Å². The standard InChI is InChI=1S/C29H28Cl2N4O2/c1-32-27-26-20(18-33-28(27)34-29(36)37-15-7-14-35-12-5-2-6-13-35)16-23(21-8-3-4-9-22(21)26)19-10-11-24(30)25(31)17-19/h3-4,8-11,17-18,23H,2,5-7,12-16H2,(H,33,34,36). The number of anilines is 1. The number of amides is 1. The lowest BCUT2D eigenvalue weighted by Crippen LogP contribution is -2.31. The van der Waals surface area contributed by atoms with Gasteiger partial charge in [0, 0.05) is 18.7 Å². The molecule has 0 spiro atoms. The Hall–Kier alpha value is -3.11. The number of nitrogens with one attached hydrogen (secondary N) is 1. The van der Waals surface area contributed by atoms with Crippen LogP contribution < -0.4 is 5.32 Å². The summed E-state index contributed by atoms with van der Waals surface area (Å²) in [5.74, 6) is 0.264.